The number of hydrogen-bond donors (Lipinski definition) is 3. The van der Waals surface area contributed by atoms with Crippen LogP contribution in [0.3, 0.4) is 0 Å². The van der Waals surface area contributed by atoms with Gasteiger partial charge >= 0.3 is 0 Å². The van der Waals surface area contributed by atoms with Crippen molar-refractivity contribution in [3.05, 3.63) is 0 Å². The largest absolute Gasteiger partial charge is 0.179 e. The second-order valence-electron chi connectivity index (χ2n) is 3.65. The number of hydrogen-bond acceptors (Lipinski definition) is 3. The molecule has 0 spiro atoms. The molecule has 0 N–H and O–H groups in total. The minimum atomic E-state index is 0.573. The van der Waals surface area contributed by atoms with Crippen LogP contribution in [0.5, 0.6) is 0 Å². The van der Waals surface area contributed by atoms with Crippen LogP contribution in [0.2, 0.25) is 0 Å². The Bertz CT molecular complexity index is 119. The fraction of sp³-hybridized carbons (Fsp3) is 1.00. The molecule has 12 heavy (non-hydrogen) atoms. The summed E-state index contributed by atoms with van der Waals surface area (Å²) in [5.41, 5.74) is 0. The summed E-state index contributed by atoms with van der Waals surface area (Å²) in [4.78, 5) is 0. The summed E-state index contributed by atoms with van der Waals surface area (Å²) in [7, 11) is 0. The molecule has 1 rings (SSSR count). The van der Waals surface area contributed by atoms with Crippen molar-refractivity contribution >= 4 is 37.9 Å². The summed E-state index contributed by atoms with van der Waals surface area (Å²) in [6, 6.07) is 0. The maximum atomic E-state index is 4.61. The van der Waals surface area contributed by atoms with Gasteiger partial charge in [-0.2, -0.15) is 37.9 Å². The third-order valence-electron chi connectivity index (χ3n) is 2.71. The topological polar surface area (TPSA) is 0 Å². The molecule has 0 aliphatic heterocycles. The normalized spacial score (nSPS) is 33.2. The zero-order valence-corrected chi connectivity index (χ0v) is 10.00. The average molecular weight is 222 g/mol. The van der Waals surface area contributed by atoms with Gasteiger partial charge in [0, 0.05) is 10.5 Å². The van der Waals surface area contributed by atoms with E-state index in [-0.39, 0.29) is 0 Å². The van der Waals surface area contributed by atoms with Crippen LogP contribution in [0.15, 0.2) is 0 Å². The summed E-state index contributed by atoms with van der Waals surface area (Å²) in [5, 5.41) is 1.22. The quantitative estimate of drug-likeness (QED) is 0.601. The Labute approximate surface area is 92.1 Å². The van der Waals surface area contributed by atoms with E-state index in [0.29, 0.717) is 10.5 Å². The lowest BCUT2D eigenvalue weighted by atomic mass is 9.85. The highest BCUT2D eigenvalue weighted by Crippen LogP contribution is 2.32. The van der Waals surface area contributed by atoms with E-state index in [1.54, 1.807) is 0 Å². The molecule has 1 aliphatic carbocycles. The van der Waals surface area contributed by atoms with Gasteiger partial charge < -0.3 is 0 Å². The second kappa shape index (κ2) is 5.71. The smallest absolute Gasteiger partial charge is 0.00528 e. The fourth-order valence-corrected chi connectivity index (χ4v) is 3.06. The van der Waals surface area contributed by atoms with Crippen molar-refractivity contribution in [2.24, 2.45) is 5.92 Å². The van der Waals surface area contributed by atoms with Crippen LogP contribution in [0.25, 0.3) is 0 Å². The van der Waals surface area contributed by atoms with Crippen molar-refractivity contribution in [1.82, 2.24) is 0 Å². The van der Waals surface area contributed by atoms with Crippen molar-refractivity contribution < 1.29 is 0 Å². The lowest BCUT2D eigenvalue weighted by Crippen LogP contribution is -2.22. The molecule has 3 heteroatoms. The number of rotatable bonds is 3. The molecule has 0 aromatic rings. The molecule has 0 aromatic carbocycles. The van der Waals surface area contributed by atoms with Crippen LogP contribution in [-0.4, -0.2) is 16.3 Å². The lowest BCUT2D eigenvalue weighted by Gasteiger charge is -2.29. The highest BCUT2D eigenvalue weighted by Gasteiger charge is 2.23. The Hall–Kier alpha value is 1.05. The first-order valence-electron chi connectivity index (χ1n) is 4.71. The van der Waals surface area contributed by atoms with Crippen molar-refractivity contribution in [3.8, 4) is 0 Å². The third-order valence-corrected chi connectivity index (χ3v) is 4.16. The van der Waals surface area contributed by atoms with Crippen LogP contribution >= 0.6 is 37.9 Å². The van der Waals surface area contributed by atoms with Gasteiger partial charge in [-0.1, -0.05) is 0 Å². The maximum absolute atomic E-state index is 4.61. The Balaban J connectivity index is 2.24. The summed E-state index contributed by atoms with van der Waals surface area (Å²) in [6.45, 7) is 0. The van der Waals surface area contributed by atoms with Gasteiger partial charge in [-0.25, -0.2) is 0 Å². The van der Waals surface area contributed by atoms with Gasteiger partial charge in [-0.3, -0.25) is 0 Å². The van der Waals surface area contributed by atoms with E-state index >= 15 is 0 Å². The molecular formula is C9H18S3. The van der Waals surface area contributed by atoms with Crippen LogP contribution in [0, 0.1) is 5.92 Å². The van der Waals surface area contributed by atoms with Gasteiger partial charge in [-0.05, 0) is 43.8 Å². The van der Waals surface area contributed by atoms with E-state index in [9.17, 15) is 0 Å². The molecule has 0 heterocycles. The Kier molecular flexibility index (Phi) is 5.30. The molecule has 0 saturated heterocycles. The summed E-state index contributed by atoms with van der Waals surface area (Å²) in [6.07, 6.45) is 6.33. The zero-order chi connectivity index (χ0) is 8.97. The second-order valence-corrected chi connectivity index (χ2v) is 5.49. The minimum Gasteiger partial charge on any atom is -0.179 e. The molecule has 0 aromatic heterocycles. The van der Waals surface area contributed by atoms with Crippen molar-refractivity contribution in [1.29, 1.82) is 0 Å². The molecule has 1 saturated carbocycles. The van der Waals surface area contributed by atoms with Crippen LogP contribution < -0.4 is 0 Å². The van der Waals surface area contributed by atoms with Gasteiger partial charge in [0.2, 0.25) is 0 Å². The molecule has 0 nitrogen and oxygen atoms in total. The lowest BCUT2D eigenvalue weighted by molar-refractivity contribution is 0.354. The van der Waals surface area contributed by atoms with Gasteiger partial charge in [0.05, 0.1) is 0 Å². The maximum Gasteiger partial charge on any atom is 0.00528 e. The number of thiol groups is 3. The van der Waals surface area contributed by atoms with E-state index in [2.05, 4.69) is 37.9 Å². The third kappa shape index (κ3) is 3.43. The molecule has 0 bridgehead atoms. The Morgan fingerprint density at radius 1 is 1.17 bits per heavy atom. The molecular weight excluding hydrogens is 204 g/mol. The molecule has 1 unspecified atom stereocenters. The molecule has 1 atom stereocenters. The van der Waals surface area contributed by atoms with Crippen LogP contribution in [-0.2, 0) is 0 Å². The van der Waals surface area contributed by atoms with E-state index in [0.717, 1.165) is 18.1 Å². The predicted molar refractivity (Wildman–Crippen MR) is 66.0 cm³/mol. The van der Waals surface area contributed by atoms with Gasteiger partial charge in [0.1, 0.15) is 0 Å². The highest BCUT2D eigenvalue weighted by molar-refractivity contribution is 7.81. The van der Waals surface area contributed by atoms with Gasteiger partial charge in [0.15, 0.2) is 0 Å². The Morgan fingerprint density at radius 3 is 2.25 bits per heavy atom. The standard InChI is InChI=1S/C9H18S3/c10-6-5-9(12)7-1-3-8(11)4-2-7/h7-12H,1-6H2. The van der Waals surface area contributed by atoms with E-state index in [1.807, 2.05) is 0 Å². The summed E-state index contributed by atoms with van der Waals surface area (Å²) < 4.78 is 0. The zero-order valence-electron chi connectivity index (χ0n) is 7.32. The molecule has 1 aliphatic rings. The van der Waals surface area contributed by atoms with Crippen molar-refractivity contribution in [3.63, 3.8) is 0 Å². The predicted octanol–water partition coefficient (Wildman–Crippen LogP) is 3.09. The first-order chi connectivity index (χ1) is 5.74. The SMILES string of the molecule is SCCC(S)C1CCC(S)CC1. The summed E-state index contributed by atoms with van der Waals surface area (Å²) in [5.74, 6) is 1.79. The summed E-state index contributed by atoms with van der Waals surface area (Å²) >= 11 is 13.3. The van der Waals surface area contributed by atoms with Crippen molar-refractivity contribution in [2.75, 3.05) is 5.75 Å². The first-order valence-corrected chi connectivity index (χ1v) is 6.37. The van der Waals surface area contributed by atoms with E-state index in [1.165, 1.54) is 25.7 Å². The first kappa shape index (κ1) is 11.1. The minimum absolute atomic E-state index is 0.573. The fourth-order valence-electron chi connectivity index (χ4n) is 1.85. The molecule has 0 radical (unpaired) electrons. The molecule has 72 valence electrons. The molecule has 0 amide bonds. The van der Waals surface area contributed by atoms with Crippen LogP contribution in [0.4, 0.5) is 0 Å². The van der Waals surface area contributed by atoms with Gasteiger partial charge in [0.25, 0.3) is 0 Å². The average Bonchev–Trinajstić information content (AvgIpc) is 2.06. The highest BCUT2D eigenvalue weighted by atomic mass is 32.1. The Morgan fingerprint density at radius 2 is 1.75 bits per heavy atom. The van der Waals surface area contributed by atoms with Gasteiger partial charge in [-0.15, -0.1) is 0 Å². The van der Waals surface area contributed by atoms with Crippen LogP contribution in [0.1, 0.15) is 32.1 Å². The van der Waals surface area contributed by atoms with E-state index < -0.39 is 0 Å². The monoisotopic (exact) mass is 222 g/mol. The van der Waals surface area contributed by atoms with E-state index in [4.69, 9.17) is 0 Å². The molecule has 1 fully saturated rings. The van der Waals surface area contributed by atoms with Crippen molar-refractivity contribution in [2.45, 2.75) is 42.6 Å².